The highest BCUT2D eigenvalue weighted by atomic mass is 28.3. The highest BCUT2D eigenvalue weighted by Crippen LogP contribution is 2.20. The Hall–Kier alpha value is -1.87. The van der Waals surface area contributed by atoms with Gasteiger partial charge in [-0.2, -0.15) is 0 Å². The van der Waals surface area contributed by atoms with E-state index in [4.69, 9.17) is 0 Å². The fraction of sp³-hybridized carbons (Fsp3) is 0.188. The Morgan fingerprint density at radius 2 is 1.37 bits per heavy atom. The number of anilines is 1. The second-order valence-electron chi connectivity index (χ2n) is 5.46. The zero-order valence-electron chi connectivity index (χ0n) is 11.7. The van der Waals surface area contributed by atoms with E-state index < -0.39 is 8.24 Å². The number of hydrogen-bond donors (Lipinski definition) is 0. The highest BCUT2D eigenvalue weighted by Gasteiger charge is 2.22. The molecule has 0 fully saturated rings. The summed E-state index contributed by atoms with van der Waals surface area (Å²) < 4.78 is 2.32. The van der Waals surface area contributed by atoms with Crippen molar-refractivity contribution in [3.8, 4) is 0 Å². The second kappa shape index (κ2) is 5.84. The second-order valence-corrected chi connectivity index (χ2v) is 10.3. The van der Waals surface area contributed by atoms with E-state index in [1.807, 2.05) is 42.7 Å². The van der Waals surface area contributed by atoms with Gasteiger partial charge in [-0.05, 0) is 24.3 Å². The zero-order chi connectivity index (χ0) is 13.7. The third-order valence-corrected chi connectivity index (χ3v) is 4.65. The van der Waals surface area contributed by atoms with Gasteiger partial charge in [0.25, 0.3) is 0 Å². The van der Waals surface area contributed by atoms with Crippen molar-refractivity contribution in [3.05, 3.63) is 60.7 Å². The van der Waals surface area contributed by atoms with E-state index in [0.29, 0.717) is 0 Å². The summed E-state index contributed by atoms with van der Waals surface area (Å²) in [4.78, 5) is 4.59. The van der Waals surface area contributed by atoms with Gasteiger partial charge in [0.1, 0.15) is 0 Å². The van der Waals surface area contributed by atoms with Crippen LogP contribution in [0.4, 0.5) is 11.4 Å². The van der Waals surface area contributed by atoms with E-state index in [2.05, 4.69) is 53.5 Å². The van der Waals surface area contributed by atoms with Crippen LogP contribution in [0.2, 0.25) is 19.6 Å². The molecule has 0 N–H and O–H groups in total. The smallest absolute Gasteiger partial charge is 0.154 e. The summed E-state index contributed by atoms with van der Waals surface area (Å²) in [7, 11) is -1.50. The SMILES string of the molecule is C[Si](C)(C)N(/C=N/c1ccccc1)c1ccccc1. The Morgan fingerprint density at radius 3 is 1.89 bits per heavy atom. The first-order chi connectivity index (χ1) is 9.07. The summed E-state index contributed by atoms with van der Waals surface area (Å²) in [5.41, 5.74) is 2.20. The van der Waals surface area contributed by atoms with Gasteiger partial charge in [0.05, 0.1) is 12.0 Å². The largest absolute Gasteiger partial charge is 0.361 e. The first-order valence-corrected chi connectivity index (χ1v) is 9.96. The molecule has 19 heavy (non-hydrogen) atoms. The van der Waals surface area contributed by atoms with E-state index in [1.165, 1.54) is 5.69 Å². The summed E-state index contributed by atoms with van der Waals surface area (Å²) in [6, 6.07) is 20.5. The first kappa shape index (κ1) is 13.6. The third kappa shape index (κ3) is 3.79. The molecule has 0 aliphatic rings. The van der Waals surface area contributed by atoms with Crippen LogP contribution in [0.25, 0.3) is 0 Å². The van der Waals surface area contributed by atoms with Crippen molar-refractivity contribution in [3.63, 3.8) is 0 Å². The van der Waals surface area contributed by atoms with Crippen LogP contribution in [0.1, 0.15) is 0 Å². The quantitative estimate of drug-likeness (QED) is 0.446. The Labute approximate surface area is 116 Å². The highest BCUT2D eigenvalue weighted by molar-refractivity contribution is 6.82. The van der Waals surface area contributed by atoms with Gasteiger partial charge in [0.15, 0.2) is 8.24 Å². The van der Waals surface area contributed by atoms with Crippen LogP contribution in [0.5, 0.6) is 0 Å². The Bertz CT molecular complexity index is 530. The van der Waals surface area contributed by atoms with Crippen molar-refractivity contribution in [1.82, 2.24) is 0 Å². The molecule has 0 saturated carbocycles. The molecule has 0 amide bonds. The maximum absolute atomic E-state index is 4.59. The number of nitrogens with zero attached hydrogens (tertiary/aromatic N) is 2. The van der Waals surface area contributed by atoms with Crippen LogP contribution in [-0.2, 0) is 0 Å². The van der Waals surface area contributed by atoms with Crippen molar-refractivity contribution in [1.29, 1.82) is 0 Å². The van der Waals surface area contributed by atoms with Gasteiger partial charge in [-0.15, -0.1) is 0 Å². The molecule has 0 bridgehead atoms. The van der Waals surface area contributed by atoms with Crippen molar-refractivity contribution in [2.75, 3.05) is 4.57 Å². The van der Waals surface area contributed by atoms with Gasteiger partial charge in [0.2, 0.25) is 0 Å². The molecule has 0 aliphatic heterocycles. The van der Waals surface area contributed by atoms with Crippen LogP contribution in [0.3, 0.4) is 0 Å². The summed E-state index contributed by atoms with van der Waals surface area (Å²) in [5, 5.41) is 0. The molecule has 3 heteroatoms. The Balaban J connectivity index is 2.28. The van der Waals surface area contributed by atoms with Gasteiger partial charge in [-0.1, -0.05) is 56.0 Å². The molecular formula is C16H20N2Si. The fourth-order valence-electron chi connectivity index (χ4n) is 1.85. The molecule has 0 aromatic heterocycles. The number of hydrogen-bond acceptors (Lipinski definition) is 1. The van der Waals surface area contributed by atoms with E-state index in [9.17, 15) is 0 Å². The average Bonchev–Trinajstić information content (AvgIpc) is 2.40. The summed E-state index contributed by atoms with van der Waals surface area (Å²) in [5.74, 6) is 0. The molecule has 2 rings (SSSR count). The molecule has 0 radical (unpaired) electrons. The lowest BCUT2D eigenvalue weighted by Gasteiger charge is -2.32. The van der Waals surface area contributed by atoms with E-state index in [0.717, 1.165) is 5.69 Å². The standard InChI is InChI=1S/C16H20N2Si/c1-19(2,3)18(16-12-8-5-9-13-16)14-17-15-10-6-4-7-11-15/h4-14H,1-3H3/b17-14+. The summed E-state index contributed by atoms with van der Waals surface area (Å²) in [6.45, 7) is 6.95. The minimum atomic E-state index is -1.50. The van der Waals surface area contributed by atoms with E-state index in [-0.39, 0.29) is 0 Å². The zero-order valence-corrected chi connectivity index (χ0v) is 12.7. The minimum absolute atomic E-state index is 0.988. The summed E-state index contributed by atoms with van der Waals surface area (Å²) in [6.07, 6.45) is 1.97. The van der Waals surface area contributed by atoms with Crippen molar-refractivity contribution < 1.29 is 0 Å². The number of para-hydroxylation sites is 2. The Morgan fingerprint density at radius 1 is 0.842 bits per heavy atom. The molecule has 0 aliphatic carbocycles. The third-order valence-electron chi connectivity index (χ3n) is 2.84. The predicted octanol–water partition coefficient (Wildman–Crippen LogP) is 4.69. The molecule has 0 saturated heterocycles. The van der Waals surface area contributed by atoms with Gasteiger partial charge >= 0.3 is 0 Å². The molecule has 2 nitrogen and oxygen atoms in total. The van der Waals surface area contributed by atoms with Crippen molar-refractivity contribution in [2.24, 2.45) is 4.99 Å². The normalized spacial score (nSPS) is 11.7. The average molecular weight is 268 g/mol. The topological polar surface area (TPSA) is 15.6 Å². The van der Waals surface area contributed by atoms with Gasteiger partial charge in [0, 0.05) is 5.69 Å². The van der Waals surface area contributed by atoms with Gasteiger partial charge < -0.3 is 4.57 Å². The maximum atomic E-state index is 4.59. The molecule has 0 heterocycles. The van der Waals surface area contributed by atoms with Crippen molar-refractivity contribution in [2.45, 2.75) is 19.6 Å². The molecule has 0 unspecified atom stereocenters. The van der Waals surface area contributed by atoms with E-state index in [1.54, 1.807) is 0 Å². The van der Waals surface area contributed by atoms with Crippen LogP contribution >= 0.6 is 0 Å². The van der Waals surface area contributed by atoms with Crippen LogP contribution < -0.4 is 4.57 Å². The van der Waals surface area contributed by atoms with Crippen LogP contribution in [0.15, 0.2) is 65.7 Å². The lowest BCUT2D eigenvalue weighted by molar-refractivity contribution is 1.39. The lowest BCUT2D eigenvalue weighted by Crippen LogP contribution is -2.45. The lowest BCUT2D eigenvalue weighted by atomic mass is 10.3. The molecular weight excluding hydrogens is 248 g/mol. The van der Waals surface area contributed by atoms with Crippen LogP contribution in [-0.4, -0.2) is 14.6 Å². The maximum Gasteiger partial charge on any atom is 0.154 e. The Kier molecular flexibility index (Phi) is 4.17. The minimum Gasteiger partial charge on any atom is -0.361 e. The van der Waals surface area contributed by atoms with Gasteiger partial charge in [-0.3, -0.25) is 0 Å². The summed E-state index contributed by atoms with van der Waals surface area (Å²) >= 11 is 0. The van der Waals surface area contributed by atoms with E-state index >= 15 is 0 Å². The number of benzene rings is 2. The predicted molar refractivity (Wildman–Crippen MR) is 86.9 cm³/mol. The number of aliphatic imine (C=N–C) groups is 1. The van der Waals surface area contributed by atoms with Crippen molar-refractivity contribution >= 4 is 25.9 Å². The fourth-order valence-corrected chi connectivity index (χ4v) is 3.18. The number of rotatable bonds is 4. The molecule has 0 spiro atoms. The molecule has 2 aromatic rings. The molecule has 0 atom stereocenters. The van der Waals surface area contributed by atoms with Crippen LogP contribution in [0, 0.1) is 0 Å². The monoisotopic (exact) mass is 268 g/mol. The first-order valence-electron chi connectivity index (χ1n) is 6.51. The molecule has 98 valence electrons. The van der Waals surface area contributed by atoms with Gasteiger partial charge in [-0.25, -0.2) is 4.99 Å². The molecule has 2 aromatic carbocycles.